The fraction of sp³-hybridized carbons (Fsp3) is 0.579. The van der Waals surface area contributed by atoms with Crippen molar-refractivity contribution in [3.05, 3.63) is 29.8 Å². The summed E-state index contributed by atoms with van der Waals surface area (Å²) >= 11 is 0. The molecule has 0 unspecified atom stereocenters. The Bertz CT molecular complexity index is 582. The van der Waals surface area contributed by atoms with E-state index in [9.17, 15) is 4.79 Å². The zero-order chi connectivity index (χ0) is 17.4. The third kappa shape index (κ3) is 5.54. The molecule has 5 heteroatoms. The fourth-order valence-electron chi connectivity index (χ4n) is 3.07. The molecule has 1 N–H and O–H groups in total. The number of hydrogen-bond acceptors (Lipinski definition) is 4. The summed E-state index contributed by atoms with van der Waals surface area (Å²) in [6.45, 7) is 6.87. The van der Waals surface area contributed by atoms with Crippen LogP contribution in [-0.2, 0) is 11.3 Å². The van der Waals surface area contributed by atoms with Gasteiger partial charge in [0.2, 0.25) is 5.91 Å². The van der Waals surface area contributed by atoms with Crippen molar-refractivity contribution in [2.45, 2.75) is 45.7 Å². The summed E-state index contributed by atoms with van der Waals surface area (Å²) in [5.74, 6) is 1.47. The van der Waals surface area contributed by atoms with Crippen molar-refractivity contribution in [1.82, 2.24) is 10.2 Å². The van der Waals surface area contributed by atoms with E-state index >= 15 is 0 Å². The summed E-state index contributed by atoms with van der Waals surface area (Å²) in [5, 5.41) is 12.1. The van der Waals surface area contributed by atoms with Crippen molar-refractivity contribution < 1.29 is 9.53 Å². The predicted octanol–water partition coefficient (Wildman–Crippen LogP) is 2.72. The topological polar surface area (TPSA) is 65.4 Å². The van der Waals surface area contributed by atoms with E-state index < -0.39 is 0 Å². The Morgan fingerprint density at radius 1 is 1.50 bits per heavy atom. The van der Waals surface area contributed by atoms with E-state index in [2.05, 4.69) is 30.4 Å². The molecule has 0 bridgehead atoms. The van der Waals surface area contributed by atoms with E-state index in [0.717, 1.165) is 38.2 Å². The Morgan fingerprint density at radius 3 is 3.04 bits per heavy atom. The smallest absolute Gasteiger partial charge is 0.219 e. The molecule has 1 heterocycles. The molecule has 130 valence electrons. The first-order valence-corrected chi connectivity index (χ1v) is 8.67. The number of carbonyl (C=O) groups excluding carboxylic acids is 1. The van der Waals surface area contributed by atoms with Gasteiger partial charge in [0.25, 0.3) is 0 Å². The zero-order valence-corrected chi connectivity index (χ0v) is 14.6. The monoisotopic (exact) mass is 329 g/mol. The van der Waals surface area contributed by atoms with E-state index in [0.29, 0.717) is 25.0 Å². The van der Waals surface area contributed by atoms with E-state index in [4.69, 9.17) is 10.00 Å². The Morgan fingerprint density at radius 2 is 2.33 bits per heavy atom. The van der Waals surface area contributed by atoms with E-state index in [-0.39, 0.29) is 5.91 Å². The number of nitriles is 1. The molecule has 1 aliphatic heterocycles. The maximum absolute atomic E-state index is 11.5. The molecule has 2 atom stereocenters. The van der Waals surface area contributed by atoms with Crippen LogP contribution in [0.4, 0.5) is 0 Å². The van der Waals surface area contributed by atoms with Crippen LogP contribution in [0.2, 0.25) is 0 Å². The van der Waals surface area contributed by atoms with Crippen LogP contribution >= 0.6 is 0 Å². The average Bonchev–Trinajstić information content (AvgIpc) is 2.58. The second-order valence-corrected chi connectivity index (χ2v) is 6.48. The minimum atomic E-state index is 0.168. The molecule has 1 aromatic rings. The maximum Gasteiger partial charge on any atom is 0.219 e. The van der Waals surface area contributed by atoms with Gasteiger partial charge in [0.05, 0.1) is 12.7 Å². The molecule has 1 fully saturated rings. The first kappa shape index (κ1) is 18.3. The van der Waals surface area contributed by atoms with Crippen LogP contribution in [0.25, 0.3) is 0 Å². The van der Waals surface area contributed by atoms with Crippen molar-refractivity contribution >= 4 is 5.91 Å². The van der Waals surface area contributed by atoms with E-state index in [1.807, 2.05) is 17.0 Å². The van der Waals surface area contributed by atoms with Gasteiger partial charge >= 0.3 is 0 Å². The normalized spacial score (nSPS) is 20.5. The molecular weight excluding hydrogens is 302 g/mol. The Labute approximate surface area is 144 Å². The third-order valence-corrected chi connectivity index (χ3v) is 4.52. The van der Waals surface area contributed by atoms with Gasteiger partial charge in [0.1, 0.15) is 5.75 Å². The number of nitrogens with one attached hydrogen (secondary N) is 1. The van der Waals surface area contributed by atoms with Gasteiger partial charge in [0.15, 0.2) is 0 Å². The Balaban J connectivity index is 1.80. The summed E-state index contributed by atoms with van der Waals surface area (Å²) < 4.78 is 5.68. The van der Waals surface area contributed by atoms with Gasteiger partial charge in [-0.25, -0.2) is 0 Å². The fourth-order valence-corrected chi connectivity index (χ4v) is 3.07. The zero-order valence-electron chi connectivity index (χ0n) is 14.6. The molecule has 0 spiro atoms. The molecule has 0 aromatic heterocycles. The number of amides is 1. The highest BCUT2D eigenvalue weighted by Crippen LogP contribution is 2.19. The minimum Gasteiger partial charge on any atom is -0.494 e. The van der Waals surface area contributed by atoms with Crippen molar-refractivity contribution in [2.75, 3.05) is 19.7 Å². The first-order valence-electron chi connectivity index (χ1n) is 8.67. The van der Waals surface area contributed by atoms with E-state index in [1.54, 1.807) is 6.92 Å². The number of benzene rings is 1. The summed E-state index contributed by atoms with van der Waals surface area (Å²) in [4.78, 5) is 13.4. The summed E-state index contributed by atoms with van der Waals surface area (Å²) in [5.41, 5.74) is 1.19. The number of hydrogen-bond donors (Lipinski definition) is 1. The number of unbranched alkanes of at least 4 members (excludes halogenated alkanes) is 1. The van der Waals surface area contributed by atoms with Gasteiger partial charge in [-0.2, -0.15) is 5.26 Å². The van der Waals surface area contributed by atoms with Gasteiger partial charge in [-0.1, -0.05) is 19.1 Å². The number of ether oxygens (including phenoxy) is 1. The van der Waals surface area contributed by atoms with Crippen molar-refractivity contribution in [3.63, 3.8) is 0 Å². The number of likely N-dealkylation sites (tertiary alicyclic amines) is 1. The van der Waals surface area contributed by atoms with E-state index in [1.165, 1.54) is 5.56 Å². The summed E-state index contributed by atoms with van der Waals surface area (Å²) in [7, 11) is 0. The van der Waals surface area contributed by atoms with Crippen molar-refractivity contribution in [3.8, 4) is 11.8 Å². The molecule has 1 aliphatic rings. The molecule has 1 amide bonds. The second-order valence-electron chi connectivity index (χ2n) is 6.48. The number of carbonyl (C=O) groups is 1. The summed E-state index contributed by atoms with van der Waals surface area (Å²) in [6, 6.07) is 10.6. The molecule has 5 nitrogen and oxygen atoms in total. The lowest BCUT2D eigenvalue weighted by Gasteiger charge is -2.37. The Kier molecular flexibility index (Phi) is 7.07. The lowest BCUT2D eigenvalue weighted by molar-refractivity contribution is -0.130. The number of piperidine rings is 1. The highest BCUT2D eigenvalue weighted by molar-refractivity contribution is 5.73. The summed E-state index contributed by atoms with van der Waals surface area (Å²) in [6.07, 6.45) is 2.27. The quantitative estimate of drug-likeness (QED) is 0.781. The van der Waals surface area contributed by atoms with Crippen LogP contribution in [0, 0.1) is 17.2 Å². The standard InChI is InChI=1S/C19H27N3O2/c1-15-14-22(16(2)23)10-8-19(15)21-13-17-6-5-7-18(12-17)24-11-4-3-9-20/h5-7,12,15,19,21H,3-4,8,10-11,13-14H2,1-2H3/t15-,19+/m0/s1. The van der Waals surface area contributed by atoms with Gasteiger partial charge < -0.3 is 15.0 Å². The highest BCUT2D eigenvalue weighted by Gasteiger charge is 2.26. The van der Waals surface area contributed by atoms with Gasteiger partial charge in [-0.3, -0.25) is 4.79 Å². The van der Waals surface area contributed by atoms with Crippen LogP contribution in [0.3, 0.4) is 0 Å². The van der Waals surface area contributed by atoms with Gasteiger partial charge in [-0.05, 0) is 36.5 Å². The largest absolute Gasteiger partial charge is 0.494 e. The minimum absolute atomic E-state index is 0.168. The van der Waals surface area contributed by atoms with Crippen LogP contribution in [0.1, 0.15) is 38.7 Å². The first-order chi connectivity index (χ1) is 11.6. The second kappa shape index (κ2) is 9.29. The highest BCUT2D eigenvalue weighted by atomic mass is 16.5. The lowest BCUT2D eigenvalue weighted by Crippen LogP contribution is -2.49. The molecule has 1 aromatic carbocycles. The van der Waals surface area contributed by atoms with Crippen LogP contribution in [-0.4, -0.2) is 36.5 Å². The van der Waals surface area contributed by atoms with Gasteiger partial charge in [0, 0.05) is 39.0 Å². The average molecular weight is 329 g/mol. The van der Waals surface area contributed by atoms with Crippen LogP contribution in [0.15, 0.2) is 24.3 Å². The molecule has 0 radical (unpaired) electrons. The van der Waals surface area contributed by atoms with Crippen molar-refractivity contribution in [1.29, 1.82) is 5.26 Å². The molecule has 0 saturated carbocycles. The molecule has 24 heavy (non-hydrogen) atoms. The Hall–Kier alpha value is -2.06. The molecule has 1 saturated heterocycles. The SMILES string of the molecule is CC(=O)N1CC[C@@H](NCc2cccc(OCCCC#N)c2)[C@@H](C)C1. The van der Waals surface area contributed by atoms with Gasteiger partial charge in [-0.15, -0.1) is 0 Å². The van der Waals surface area contributed by atoms with Crippen LogP contribution in [0.5, 0.6) is 5.75 Å². The lowest BCUT2D eigenvalue weighted by atomic mass is 9.93. The third-order valence-electron chi connectivity index (χ3n) is 4.52. The maximum atomic E-state index is 11.5. The molecular formula is C19H27N3O2. The van der Waals surface area contributed by atoms with Crippen LogP contribution < -0.4 is 10.1 Å². The molecule has 2 rings (SSSR count). The number of rotatable bonds is 7. The predicted molar refractivity (Wildman–Crippen MR) is 93.4 cm³/mol. The van der Waals surface area contributed by atoms with Crippen molar-refractivity contribution in [2.24, 2.45) is 5.92 Å². The molecule has 0 aliphatic carbocycles. The number of nitrogens with zero attached hydrogens (tertiary/aromatic N) is 2.